The first-order chi connectivity index (χ1) is 22.0. The fraction of sp³-hybridized carbons (Fsp3) is 0.514. The van der Waals surface area contributed by atoms with Crippen molar-refractivity contribution in [2.45, 2.75) is 62.4 Å². The average molecular weight is 642 g/mol. The lowest BCUT2D eigenvalue weighted by Gasteiger charge is -2.61. The van der Waals surface area contributed by atoms with E-state index in [0.717, 1.165) is 62.3 Å². The highest BCUT2D eigenvalue weighted by Gasteiger charge is 2.57. The molecule has 1 N–H and O–H groups in total. The Labute approximate surface area is 271 Å². The van der Waals surface area contributed by atoms with Gasteiger partial charge >= 0.3 is 6.03 Å². The molecule has 6 aliphatic rings. The Morgan fingerprint density at radius 1 is 0.913 bits per heavy atom. The molecule has 3 heterocycles. The number of carbonyl (C=O) groups is 1. The Morgan fingerprint density at radius 2 is 1.57 bits per heavy atom. The smallest absolute Gasteiger partial charge is 0.331 e. The number of hydrogen-bond acceptors (Lipinski definition) is 8. The summed E-state index contributed by atoms with van der Waals surface area (Å²) in [6.45, 7) is 6.21. The van der Waals surface area contributed by atoms with Crippen LogP contribution in [0.2, 0.25) is 0 Å². The van der Waals surface area contributed by atoms with Crippen LogP contribution in [0.1, 0.15) is 49.7 Å². The van der Waals surface area contributed by atoms with Crippen LogP contribution in [0.4, 0.5) is 33.6 Å². The molecule has 4 aliphatic carbocycles. The molecule has 2 aromatic carbocycles. The second-order valence-electron chi connectivity index (χ2n) is 14.6. The van der Waals surface area contributed by atoms with E-state index in [1.807, 2.05) is 24.1 Å². The molecule has 4 bridgehead atoms. The largest absolute Gasteiger partial charge is 0.369 e. The third-order valence-electron chi connectivity index (χ3n) is 11.1. The number of amides is 2. The number of benzene rings is 2. The molecule has 0 unspecified atom stereocenters. The van der Waals surface area contributed by atoms with Gasteiger partial charge < -0.3 is 15.1 Å². The van der Waals surface area contributed by atoms with E-state index in [-0.39, 0.29) is 23.0 Å². The number of aromatic nitrogens is 2. The molecule has 0 spiro atoms. The molecule has 242 valence electrons. The van der Waals surface area contributed by atoms with Gasteiger partial charge in [0.2, 0.25) is 5.95 Å². The van der Waals surface area contributed by atoms with Crippen LogP contribution in [0, 0.1) is 24.7 Å². The molecular weight excluding hydrogens is 598 g/mol. The molecular formula is C35H43N7O3S. The van der Waals surface area contributed by atoms with Crippen molar-refractivity contribution in [2.24, 2.45) is 17.8 Å². The van der Waals surface area contributed by atoms with E-state index in [9.17, 15) is 13.2 Å². The van der Waals surface area contributed by atoms with E-state index in [4.69, 9.17) is 9.97 Å². The number of nitrogens with one attached hydrogen (secondary N) is 1. The standard InChI is InChI=1S/C35H43N7O3S/c1-23-4-9-30(31(14-23)46(3,44)45)41-22-27-21-36-33(37-28-5-7-29(8-6-28)40-12-10-39(2)11-13-40)38-32(27)42(34(41)43)35-18-24-15-25(19-35)17-26(16-24)20-35/h4-9,14,21,24-26H,10-13,15-20,22H2,1-3H3,(H,36,37,38). The van der Waals surface area contributed by atoms with Gasteiger partial charge in [0.15, 0.2) is 9.84 Å². The molecule has 11 heteroatoms. The highest BCUT2D eigenvalue weighted by molar-refractivity contribution is 7.90. The van der Waals surface area contributed by atoms with E-state index in [1.165, 1.54) is 31.2 Å². The normalized spacial score (nSPS) is 27.7. The second-order valence-corrected chi connectivity index (χ2v) is 16.6. The number of urea groups is 1. The minimum absolute atomic E-state index is 0.175. The summed E-state index contributed by atoms with van der Waals surface area (Å²) >= 11 is 0. The third-order valence-corrected chi connectivity index (χ3v) is 12.2. The molecule has 1 saturated heterocycles. The third kappa shape index (κ3) is 5.21. The molecule has 3 aromatic rings. The maximum Gasteiger partial charge on any atom is 0.331 e. The number of nitrogens with zero attached hydrogens (tertiary/aromatic N) is 6. The monoisotopic (exact) mass is 641 g/mol. The van der Waals surface area contributed by atoms with E-state index in [2.05, 4.69) is 46.4 Å². The summed E-state index contributed by atoms with van der Waals surface area (Å²) in [6.07, 6.45) is 9.65. The second kappa shape index (κ2) is 10.9. The summed E-state index contributed by atoms with van der Waals surface area (Å²) in [6, 6.07) is 13.5. The highest BCUT2D eigenvalue weighted by atomic mass is 32.2. The van der Waals surface area contributed by atoms with Gasteiger partial charge in [-0.3, -0.25) is 9.80 Å². The lowest BCUT2D eigenvalue weighted by Crippen LogP contribution is -2.65. The first-order valence-electron chi connectivity index (χ1n) is 16.6. The Bertz CT molecular complexity index is 1750. The summed E-state index contributed by atoms with van der Waals surface area (Å²) < 4.78 is 25.9. The van der Waals surface area contributed by atoms with Gasteiger partial charge in [-0.15, -0.1) is 0 Å². The van der Waals surface area contributed by atoms with Gasteiger partial charge in [-0.1, -0.05) is 6.07 Å². The Balaban J connectivity index is 1.16. The van der Waals surface area contributed by atoms with E-state index >= 15 is 0 Å². The molecule has 46 heavy (non-hydrogen) atoms. The zero-order valence-electron chi connectivity index (χ0n) is 26.9. The van der Waals surface area contributed by atoms with E-state index in [1.54, 1.807) is 17.0 Å². The zero-order chi connectivity index (χ0) is 31.8. The fourth-order valence-electron chi connectivity index (χ4n) is 9.26. The summed E-state index contributed by atoms with van der Waals surface area (Å²) in [7, 11) is -1.42. The van der Waals surface area contributed by atoms with Gasteiger partial charge in [-0.25, -0.2) is 18.2 Å². The zero-order valence-corrected chi connectivity index (χ0v) is 27.8. The summed E-state index contributed by atoms with van der Waals surface area (Å²) in [5, 5.41) is 3.40. The topological polar surface area (TPSA) is 102 Å². The first kappa shape index (κ1) is 29.7. The quantitative estimate of drug-likeness (QED) is 0.371. The molecule has 1 aromatic heterocycles. The number of piperazine rings is 1. The van der Waals surface area contributed by atoms with Crippen molar-refractivity contribution in [3.05, 3.63) is 59.8 Å². The van der Waals surface area contributed by atoms with Crippen molar-refractivity contribution in [1.82, 2.24) is 14.9 Å². The SMILES string of the molecule is Cc1ccc(N2Cc3cnc(Nc4ccc(N5CCN(C)CC5)cc4)nc3N(C34CC5CC(CC(C5)C3)C4)C2=O)c(S(C)(=O)=O)c1. The van der Waals surface area contributed by atoms with Crippen LogP contribution in [-0.2, 0) is 16.4 Å². The average Bonchev–Trinajstić information content (AvgIpc) is 3.00. The minimum atomic E-state index is -3.58. The Kier molecular flexibility index (Phi) is 7.06. The predicted molar refractivity (Wildman–Crippen MR) is 181 cm³/mol. The predicted octanol–water partition coefficient (Wildman–Crippen LogP) is 5.60. The summed E-state index contributed by atoms with van der Waals surface area (Å²) in [5.41, 5.74) is 3.84. The van der Waals surface area contributed by atoms with Crippen molar-refractivity contribution >= 4 is 44.7 Å². The van der Waals surface area contributed by atoms with Crippen molar-refractivity contribution in [1.29, 1.82) is 0 Å². The van der Waals surface area contributed by atoms with Crippen LogP contribution < -0.4 is 20.0 Å². The van der Waals surface area contributed by atoms with Crippen molar-refractivity contribution < 1.29 is 13.2 Å². The van der Waals surface area contributed by atoms with Gasteiger partial charge in [0.25, 0.3) is 0 Å². The number of aryl methyl sites for hydroxylation is 1. The number of rotatable bonds is 6. The van der Waals surface area contributed by atoms with Crippen LogP contribution in [0.5, 0.6) is 0 Å². The Morgan fingerprint density at radius 3 is 2.20 bits per heavy atom. The number of anilines is 5. The number of carbonyl (C=O) groups excluding carboxylic acids is 1. The Hall–Kier alpha value is -3.70. The molecule has 2 aliphatic heterocycles. The van der Waals surface area contributed by atoms with Crippen LogP contribution >= 0.6 is 0 Å². The molecule has 9 rings (SSSR count). The first-order valence-corrected chi connectivity index (χ1v) is 18.5. The van der Waals surface area contributed by atoms with Crippen molar-refractivity contribution in [3.63, 3.8) is 0 Å². The van der Waals surface area contributed by atoms with Crippen LogP contribution in [0.15, 0.2) is 53.6 Å². The minimum Gasteiger partial charge on any atom is -0.369 e. The number of likely N-dealkylation sites (N-methyl/N-ethyl adjacent to an activating group) is 1. The highest BCUT2D eigenvalue weighted by Crippen LogP contribution is 2.59. The van der Waals surface area contributed by atoms with E-state index in [0.29, 0.717) is 35.2 Å². The summed E-state index contributed by atoms with van der Waals surface area (Å²) in [5.74, 6) is 2.95. The van der Waals surface area contributed by atoms with Crippen molar-refractivity contribution in [3.8, 4) is 0 Å². The lowest BCUT2D eigenvalue weighted by molar-refractivity contribution is -0.000910. The van der Waals surface area contributed by atoms with Crippen LogP contribution in [0.3, 0.4) is 0 Å². The van der Waals surface area contributed by atoms with Gasteiger partial charge in [0, 0.05) is 55.6 Å². The molecule has 10 nitrogen and oxygen atoms in total. The van der Waals surface area contributed by atoms with Gasteiger partial charge in [0.05, 0.1) is 22.7 Å². The maximum absolute atomic E-state index is 14.8. The fourth-order valence-corrected chi connectivity index (χ4v) is 10.2. The van der Waals surface area contributed by atoms with Crippen LogP contribution in [0.25, 0.3) is 0 Å². The molecule has 0 atom stereocenters. The molecule has 0 radical (unpaired) electrons. The van der Waals surface area contributed by atoms with E-state index < -0.39 is 9.84 Å². The molecule has 2 amide bonds. The number of fused-ring (bicyclic) bond motifs is 1. The maximum atomic E-state index is 14.8. The van der Waals surface area contributed by atoms with Gasteiger partial charge in [-0.05, 0) is 112 Å². The lowest BCUT2D eigenvalue weighted by atomic mass is 9.52. The molecule has 5 fully saturated rings. The molecule has 4 saturated carbocycles. The number of sulfone groups is 1. The van der Waals surface area contributed by atoms with Crippen molar-refractivity contribution in [2.75, 3.05) is 59.5 Å². The van der Waals surface area contributed by atoms with Crippen LogP contribution in [-0.4, -0.2) is 74.3 Å². The van der Waals surface area contributed by atoms with Gasteiger partial charge in [-0.2, -0.15) is 4.98 Å². The summed E-state index contributed by atoms with van der Waals surface area (Å²) in [4.78, 5) is 33.1. The van der Waals surface area contributed by atoms with Gasteiger partial charge in [0.1, 0.15) is 5.82 Å². The number of hydrogen-bond donors (Lipinski definition) is 1.